The zero-order valence-electron chi connectivity index (χ0n) is 14.8. The summed E-state index contributed by atoms with van der Waals surface area (Å²) in [6.07, 6.45) is 0.235. The van der Waals surface area contributed by atoms with Gasteiger partial charge in [0.2, 0.25) is 17.7 Å². The maximum atomic E-state index is 12.6. The van der Waals surface area contributed by atoms with Crippen LogP contribution in [0.3, 0.4) is 0 Å². The third-order valence-corrected chi connectivity index (χ3v) is 4.33. The molecule has 25 heavy (non-hydrogen) atoms. The second-order valence-electron chi connectivity index (χ2n) is 6.20. The van der Waals surface area contributed by atoms with Gasteiger partial charge in [-0.15, -0.1) is 0 Å². The summed E-state index contributed by atoms with van der Waals surface area (Å²) in [5.74, 6) is -0.158. The first-order valence-corrected chi connectivity index (χ1v) is 8.52. The number of amides is 3. The van der Waals surface area contributed by atoms with Crippen LogP contribution in [0.4, 0.5) is 0 Å². The van der Waals surface area contributed by atoms with Gasteiger partial charge in [-0.05, 0) is 5.56 Å². The first kappa shape index (κ1) is 18.9. The minimum atomic E-state index is -0.324. The van der Waals surface area contributed by atoms with Crippen molar-refractivity contribution >= 4 is 17.7 Å². The predicted molar refractivity (Wildman–Crippen MR) is 94.7 cm³/mol. The normalized spacial score (nSPS) is 16.2. The topological polar surface area (TPSA) is 81.8 Å². The van der Waals surface area contributed by atoms with E-state index in [4.69, 9.17) is 0 Å². The Kier molecular flexibility index (Phi) is 6.94. The summed E-state index contributed by atoms with van der Waals surface area (Å²) in [5, 5.41) is 5.47. The highest BCUT2D eigenvalue weighted by Crippen LogP contribution is 2.18. The average Bonchev–Trinajstić information content (AvgIpc) is 2.62. The lowest BCUT2D eigenvalue weighted by atomic mass is 10.0. The number of piperazine rings is 1. The van der Waals surface area contributed by atoms with E-state index in [0.29, 0.717) is 32.7 Å². The van der Waals surface area contributed by atoms with E-state index in [1.165, 1.54) is 6.92 Å². The summed E-state index contributed by atoms with van der Waals surface area (Å²) < 4.78 is 0. The van der Waals surface area contributed by atoms with Crippen molar-refractivity contribution < 1.29 is 14.4 Å². The van der Waals surface area contributed by atoms with Gasteiger partial charge in [-0.25, -0.2) is 0 Å². The van der Waals surface area contributed by atoms with Gasteiger partial charge in [0.1, 0.15) is 0 Å². The number of hydrogen-bond donors (Lipinski definition) is 2. The standard InChI is InChI=1S/C18H26N4O3/c1-14(23)20-16(15-6-4-3-5-7-15)12-18(25)22-10-8-21(9-11-22)13-17(24)19-2/h3-7,16H,8-13H2,1-2H3,(H,19,24)(H,20,23). The minimum absolute atomic E-state index is 0.0159. The molecule has 1 unspecified atom stereocenters. The molecule has 2 N–H and O–H groups in total. The molecular weight excluding hydrogens is 320 g/mol. The lowest BCUT2D eigenvalue weighted by Gasteiger charge is -2.35. The van der Waals surface area contributed by atoms with Gasteiger partial charge in [0.15, 0.2) is 0 Å². The summed E-state index contributed by atoms with van der Waals surface area (Å²) in [5.41, 5.74) is 0.921. The predicted octanol–water partition coefficient (Wildman–Crippen LogP) is 0.144. The fourth-order valence-electron chi connectivity index (χ4n) is 2.92. The van der Waals surface area contributed by atoms with Crippen LogP contribution in [-0.2, 0) is 14.4 Å². The SMILES string of the molecule is CNC(=O)CN1CCN(C(=O)CC(NC(C)=O)c2ccccc2)CC1. The van der Waals surface area contributed by atoms with E-state index in [0.717, 1.165) is 5.56 Å². The van der Waals surface area contributed by atoms with Crippen molar-refractivity contribution in [2.24, 2.45) is 0 Å². The molecule has 0 radical (unpaired) electrons. The minimum Gasteiger partial charge on any atom is -0.358 e. The quantitative estimate of drug-likeness (QED) is 0.768. The molecule has 0 aliphatic carbocycles. The Bertz CT molecular complexity index is 598. The molecule has 1 fully saturated rings. The van der Waals surface area contributed by atoms with Crippen LogP contribution < -0.4 is 10.6 Å². The molecule has 0 aromatic heterocycles. The van der Waals surface area contributed by atoms with Crippen molar-refractivity contribution in [2.45, 2.75) is 19.4 Å². The van der Waals surface area contributed by atoms with Crippen molar-refractivity contribution in [3.8, 4) is 0 Å². The van der Waals surface area contributed by atoms with Gasteiger partial charge in [-0.2, -0.15) is 0 Å². The zero-order chi connectivity index (χ0) is 18.2. The lowest BCUT2D eigenvalue weighted by Crippen LogP contribution is -2.51. The Labute approximate surface area is 148 Å². The number of hydrogen-bond acceptors (Lipinski definition) is 4. The number of nitrogens with zero attached hydrogens (tertiary/aromatic N) is 2. The Morgan fingerprint density at radius 1 is 1.08 bits per heavy atom. The zero-order valence-corrected chi connectivity index (χ0v) is 14.8. The number of rotatable bonds is 6. The Hall–Kier alpha value is -2.41. The average molecular weight is 346 g/mol. The van der Waals surface area contributed by atoms with E-state index in [-0.39, 0.29) is 30.2 Å². The molecule has 1 heterocycles. The van der Waals surface area contributed by atoms with Gasteiger partial charge in [0.25, 0.3) is 0 Å². The number of carbonyl (C=O) groups excluding carboxylic acids is 3. The summed E-state index contributed by atoms with van der Waals surface area (Å²) in [4.78, 5) is 39.4. The molecule has 2 rings (SSSR count). The summed E-state index contributed by atoms with van der Waals surface area (Å²) in [6, 6.07) is 9.19. The maximum absolute atomic E-state index is 12.6. The van der Waals surface area contributed by atoms with E-state index in [1.807, 2.05) is 35.2 Å². The molecule has 0 spiro atoms. The highest BCUT2D eigenvalue weighted by atomic mass is 16.2. The number of carbonyl (C=O) groups is 3. The van der Waals surface area contributed by atoms with Crippen molar-refractivity contribution in [2.75, 3.05) is 39.8 Å². The largest absolute Gasteiger partial charge is 0.358 e. The van der Waals surface area contributed by atoms with Gasteiger partial charge >= 0.3 is 0 Å². The highest BCUT2D eigenvalue weighted by Gasteiger charge is 2.25. The van der Waals surface area contributed by atoms with Crippen molar-refractivity contribution in [3.63, 3.8) is 0 Å². The Morgan fingerprint density at radius 3 is 2.28 bits per heavy atom. The summed E-state index contributed by atoms with van der Waals surface area (Å²) >= 11 is 0. The van der Waals surface area contributed by atoms with E-state index in [2.05, 4.69) is 10.6 Å². The molecule has 0 saturated carbocycles. The van der Waals surface area contributed by atoms with Crippen molar-refractivity contribution in [3.05, 3.63) is 35.9 Å². The van der Waals surface area contributed by atoms with E-state index in [9.17, 15) is 14.4 Å². The fraction of sp³-hybridized carbons (Fsp3) is 0.500. The molecular formula is C18H26N4O3. The van der Waals surface area contributed by atoms with Crippen LogP contribution in [0.5, 0.6) is 0 Å². The summed E-state index contributed by atoms with van der Waals surface area (Å²) in [7, 11) is 1.62. The maximum Gasteiger partial charge on any atom is 0.233 e. The highest BCUT2D eigenvalue weighted by molar-refractivity contribution is 5.79. The second-order valence-corrected chi connectivity index (χ2v) is 6.20. The van der Waals surface area contributed by atoms with Crippen LogP contribution in [-0.4, -0.2) is 67.3 Å². The van der Waals surface area contributed by atoms with Crippen LogP contribution >= 0.6 is 0 Å². The molecule has 7 heteroatoms. The first-order chi connectivity index (χ1) is 12.0. The van der Waals surface area contributed by atoms with Crippen LogP contribution in [0.25, 0.3) is 0 Å². The molecule has 136 valence electrons. The Balaban J connectivity index is 1.91. The lowest BCUT2D eigenvalue weighted by molar-refractivity contribution is -0.134. The van der Waals surface area contributed by atoms with Gasteiger partial charge in [-0.1, -0.05) is 30.3 Å². The van der Waals surface area contributed by atoms with Crippen LogP contribution in [0.1, 0.15) is 24.9 Å². The monoisotopic (exact) mass is 346 g/mol. The van der Waals surface area contributed by atoms with Gasteiger partial charge in [0.05, 0.1) is 19.0 Å². The van der Waals surface area contributed by atoms with Crippen LogP contribution in [0.15, 0.2) is 30.3 Å². The van der Waals surface area contributed by atoms with E-state index in [1.54, 1.807) is 11.9 Å². The fourth-order valence-corrected chi connectivity index (χ4v) is 2.92. The number of benzene rings is 1. The molecule has 1 aromatic carbocycles. The van der Waals surface area contributed by atoms with Crippen molar-refractivity contribution in [1.29, 1.82) is 0 Å². The molecule has 1 aliphatic rings. The van der Waals surface area contributed by atoms with Crippen LogP contribution in [0, 0.1) is 0 Å². The van der Waals surface area contributed by atoms with Crippen molar-refractivity contribution in [1.82, 2.24) is 20.4 Å². The number of nitrogens with one attached hydrogen (secondary N) is 2. The van der Waals surface area contributed by atoms with Gasteiger partial charge in [-0.3, -0.25) is 19.3 Å². The van der Waals surface area contributed by atoms with Gasteiger partial charge < -0.3 is 15.5 Å². The van der Waals surface area contributed by atoms with Crippen LogP contribution in [0.2, 0.25) is 0 Å². The Morgan fingerprint density at radius 2 is 1.72 bits per heavy atom. The smallest absolute Gasteiger partial charge is 0.233 e. The third kappa shape index (κ3) is 5.86. The second kappa shape index (κ2) is 9.17. The van der Waals surface area contributed by atoms with E-state index < -0.39 is 0 Å². The summed E-state index contributed by atoms with van der Waals surface area (Å²) in [6.45, 7) is 4.36. The molecule has 1 aliphatic heterocycles. The molecule has 1 saturated heterocycles. The van der Waals surface area contributed by atoms with E-state index >= 15 is 0 Å². The molecule has 3 amide bonds. The molecule has 7 nitrogen and oxygen atoms in total. The molecule has 1 aromatic rings. The molecule has 0 bridgehead atoms. The first-order valence-electron chi connectivity index (χ1n) is 8.52. The third-order valence-electron chi connectivity index (χ3n) is 4.33. The van der Waals surface area contributed by atoms with Gasteiger partial charge in [0, 0.05) is 40.2 Å². The number of likely N-dealkylation sites (N-methyl/N-ethyl adjacent to an activating group) is 1. The molecule has 1 atom stereocenters.